The van der Waals surface area contributed by atoms with Gasteiger partial charge in [-0.05, 0) is 50.1 Å². The van der Waals surface area contributed by atoms with Gasteiger partial charge in [-0.1, -0.05) is 55.8 Å². The molecule has 3 rings (SSSR count). The minimum Gasteiger partial charge on any atom is -0.424 e. The third-order valence-corrected chi connectivity index (χ3v) is 4.82. The lowest BCUT2D eigenvalue weighted by molar-refractivity contribution is 0.0730. The third-order valence-electron chi connectivity index (χ3n) is 4.82. The molecule has 4 heteroatoms. The number of aromatic nitrogens is 2. The fourth-order valence-electron chi connectivity index (χ4n) is 2.91. The van der Waals surface area contributed by atoms with Crippen molar-refractivity contribution in [3.05, 3.63) is 83.2 Å². The number of rotatable bonds is 5. The molecule has 0 radical (unpaired) electrons. The molecule has 0 fully saturated rings. The Labute approximate surface area is 160 Å². The first-order chi connectivity index (χ1) is 12.7. The molecule has 1 heterocycles. The van der Waals surface area contributed by atoms with E-state index in [4.69, 9.17) is 4.74 Å². The molecule has 0 spiro atoms. The first kappa shape index (κ1) is 19.1. The first-order valence-corrected chi connectivity index (χ1v) is 9.08. The maximum atomic E-state index is 10.1. The van der Waals surface area contributed by atoms with Gasteiger partial charge in [-0.15, -0.1) is 0 Å². The van der Waals surface area contributed by atoms with E-state index in [1.165, 1.54) is 16.7 Å². The predicted octanol–water partition coefficient (Wildman–Crippen LogP) is 5.13. The molecule has 0 amide bonds. The third kappa shape index (κ3) is 4.34. The van der Waals surface area contributed by atoms with Gasteiger partial charge in [-0.3, -0.25) is 0 Å². The first-order valence-electron chi connectivity index (χ1n) is 9.08. The predicted molar refractivity (Wildman–Crippen MR) is 107 cm³/mol. The largest absolute Gasteiger partial charge is 0.424 e. The summed E-state index contributed by atoms with van der Waals surface area (Å²) in [6, 6.07) is 18.5. The van der Waals surface area contributed by atoms with E-state index in [-0.39, 0.29) is 11.4 Å². The van der Waals surface area contributed by atoms with Crippen LogP contribution in [0.25, 0.3) is 0 Å². The SMILES string of the molecule is Cc1ccc(C(C)(C)c2ccc(Oc3nccc(C(C)(C)O)n3)cc2)cc1. The number of benzene rings is 2. The molecule has 27 heavy (non-hydrogen) atoms. The van der Waals surface area contributed by atoms with Crippen molar-refractivity contribution in [1.29, 1.82) is 0 Å². The van der Waals surface area contributed by atoms with Crippen LogP contribution >= 0.6 is 0 Å². The van der Waals surface area contributed by atoms with Gasteiger partial charge in [0.15, 0.2) is 0 Å². The van der Waals surface area contributed by atoms with Crippen molar-refractivity contribution in [2.24, 2.45) is 0 Å². The van der Waals surface area contributed by atoms with Crippen LogP contribution in [0.2, 0.25) is 0 Å². The van der Waals surface area contributed by atoms with Crippen LogP contribution < -0.4 is 4.74 Å². The van der Waals surface area contributed by atoms with E-state index in [1.54, 1.807) is 26.1 Å². The molecular formula is C23H26N2O2. The lowest BCUT2D eigenvalue weighted by Crippen LogP contribution is -2.18. The van der Waals surface area contributed by atoms with Gasteiger partial charge >= 0.3 is 6.01 Å². The fraction of sp³-hybridized carbons (Fsp3) is 0.304. The molecule has 0 bridgehead atoms. The highest BCUT2D eigenvalue weighted by molar-refractivity contribution is 5.41. The second-order valence-electron chi connectivity index (χ2n) is 7.90. The average Bonchev–Trinajstić information content (AvgIpc) is 2.62. The number of aryl methyl sites for hydroxylation is 1. The maximum absolute atomic E-state index is 10.1. The standard InChI is InChI=1S/C23H26N2O2/c1-16-6-8-17(9-7-16)22(2,3)18-10-12-19(13-11-18)27-21-24-15-14-20(25-21)23(4,5)26/h6-15,26H,1-5H3. The molecule has 0 saturated heterocycles. The van der Waals surface area contributed by atoms with Crippen molar-refractivity contribution in [1.82, 2.24) is 9.97 Å². The van der Waals surface area contributed by atoms with Crippen molar-refractivity contribution in [3.8, 4) is 11.8 Å². The summed E-state index contributed by atoms with van der Waals surface area (Å²) in [6.45, 7) is 9.88. The zero-order chi connectivity index (χ0) is 19.7. The summed E-state index contributed by atoms with van der Waals surface area (Å²) in [5.74, 6) is 0.659. The average molecular weight is 362 g/mol. The molecule has 0 saturated carbocycles. The van der Waals surface area contributed by atoms with Crippen molar-refractivity contribution >= 4 is 0 Å². The summed E-state index contributed by atoms with van der Waals surface area (Å²) in [7, 11) is 0. The van der Waals surface area contributed by atoms with Crippen LogP contribution in [0.5, 0.6) is 11.8 Å². The molecular weight excluding hydrogens is 336 g/mol. The highest BCUT2D eigenvalue weighted by atomic mass is 16.5. The summed E-state index contributed by atoms with van der Waals surface area (Å²) in [4.78, 5) is 8.41. The second kappa shape index (κ2) is 7.12. The highest BCUT2D eigenvalue weighted by Crippen LogP contribution is 2.33. The molecule has 0 aliphatic rings. The molecule has 0 unspecified atom stereocenters. The van der Waals surface area contributed by atoms with Crippen LogP contribution in [0.4, 0.5) is 0 Å². The monoisotopic (exact) mass is 362 g/mol. The van der Waals surface area contributed by atoms with Crippen LogP contribution in [0.1, 0.15) is 50.1 Å². The van der Waals surface area contributed by atoms with Crippen molar-refractivity contribution in [2.75, 3.05) is 0 Å². The van der Waals surface area contributed by atoms with E-state index in [1.807, 2.05) is 12.1 Å². The molecule has 4 nitrogen and oxygen atoms in total. The van der Waals surface area contributed by atoms with Gasteiger partial charge in [-0.2, -0.15) is 4.98 Å². The van der Waals surface area contributed by atoms with Gasteiger partial charge in [0.1, 0.15) is 11.4 Å². The fourth-order valence-corrected chi connectivity index (χ4v) is 2.91. The number of hydrogen-bond acceptors (Lipinski definition) is 4. The van der Waals surface area contributed by atoms with Gasteiger partial charge in [0, 0.05) is 11.6 Å². The molecule has 2 aromatic carbocycles. The van der Waals surface area contributed by atoms with Crippen LogP contribution in [0.15, 0.2) is 60.8 Å². The summed E-state index contributed by atoms with van der Waals surface area (Å²) >= 11 is 0. The Morgan fingerprint density at radius 1 is 0.815 bits per heavy atom. The van der Waals surface area contributed by atoms with Gasteiger partial charge in [0.2, 0.25) is 0 Å². The maximum Gasteiger partial charge on any atom is 0.322 e. The second-order valence-corrected chi connectivity index (χ2v) is 7.90. The summed E-state index contributed by atoms with van der Waals surface area (Å²) in [6.07, 6.45) is 1.59. The van der Waals surface area contributed by atoms with Crippen molar-refractivity contribution in [2.45, 2.75) is 45.6 Å². The molecule has 1 aromatic heterocycles. The topological polar surface area (TPSA) is 55.2 Å². The number of ether oxygens (including phenoxy) is 1. The van der Waals surface area contributed by atoms with Crippen LogP contribution in [0.3, 0.4) is 0 Å². The molecule has 0 aliphatic carbocycles. The lowest BCUT2D eigenvalue weighted by atomic mass is 9.78. The molecule has 3 aromatic rings. The van der Waals surface area contributed by atoms with E-state index < -0.39 is 5.60 Å². The quantitative estimate of drug-likeness (QED) is 0.683. The summed E-state index contributed by atoms with van der Waals surface area (Å²) < 4.78 is 5.77. The van der Waals surface area contributed by atoms with Crippen molar-refractivity contribution in [3.63, 3.8) is 0 Å². The molecule has 0 atom stereocenters. The Morgan fingerprint density at radius 3 is 1.93 bits per heavy atom. The Bertz CT molecular complexity index is 908. The minimum atomic E-state index is -1.04. The minimum absolute atomic E-state index is 0.108. The van der Waals surface area contributed by atoms with Crippen LogP contribution in [0, 0.1) is 6.92 Å². The highest BCUT2D eigenvalue weighted by Gasteiger charge is 2.23. The van der Waals surface area contributed by atoms with Gasteiger partial charge < -0.3 is 9.84 Å². The lowest BCUT2D eigenvalue weighted by Gasteiger charge is -2.26. The van der Waals surface area contributed by atoms with Gasteiger partial charge in [0.25, 0.3) is 0 Å². The van der Waals surface area contributed by atoms with E-state index in [9.17, 15) is 5.11 Å². The van der Waals surface area contributed by atoms with E-state index in [2.05, 4.69) is 67.1 Å². The Kier molecular flexibility index (Phi) is 5.03. The Balaban J connectivity index is 1.80. The van der Waals surface area contributed by atoms with E-state index in [0.717, 1.165) is 0 Å². The molecule has 1 N–H and O–H groups in total. The van der Waals surface area contributed by atoms with Gasteiger partial charge in [0.05, 0.1) is 5.69 Å². The number of hydrogen-bond donors (Lipinski definition) is 1. The normalized spacial score (nSPS) is 12.1. The zero-order valence-corrected chi connectivity index (χ0v) is 16.5. The summed E-state index contributed by atoms with van der Waals surface area (Å²) in [5, 5.41) is 10.1. The molecule has 140 valence electrons. The Morgan fingerprint density at radius 2 is 1.37 bits per heavy atom. The van der Waals surface area contributed by atoms with Crippen LogP contribution in [-0.2, 0) is 11.0 Å². The number of nitrogens with zero attached hydrogens (tertiary/aromatic N) is 2. The Hall–Kier alpha value is -2.72. The van der Waals surface area contributed by atoms with E-state index in [0.29, 0.717) is 11.4 Å². The van der Waals surface area contributed by atoms with E-state index >= 15 is 0 Å². The summed E-state index contributed by atoms with van der Waals surface area (Å²) in [5.41, 5.74) is 3.09. The molecule has 0 aliphatic heterocycles. The zero-order valence-electron chi connectivity index (χ0n) is 16.5. The van der Waals surface area contributed by atoms with Gasteiger partial charge in [-0.25, -0.2) is 4.98 Å². The number of aliphatic hydroxyl groups is 1. The van der Waals surface area contributed by atoms with Crippen LogP contribution in [-0.4, -0.2) is 15.1 Å². The van der Waals surface area contributed by atoms with Crippen molar-refractivity contribution < 1.29 is 9.84 Å². The smallest absolute Gasteiger partial charge is 0.322 e.